The van der Waals surface area contributed by atoms with Gasteiger partial charge in [0, 0.05) is 25.6 Å². The number of nitrogens with zero attached hydrogens (tertiary/aromatic N) is 3. The molecule has 1 heterocycles. The first kappa shape index (κ1) is 22.4. The van der Waals surface area contributed by atoms with Gasteiger partial charge in [-0.3, -0.25) is 9.69 Å². The number of carbonyl (C=O) groups is 1. The van der Waals surface area contributed by atoms with Crippen molar-refractivity contribution in [1.29, 1.82) is 0 Å². The van der Waals surface area contributed by atoms with E-state index in [-0.39, 0.29) is 12.1 Å². The van der Waals surface area contributed by atoms with E-state index in [1.165, 1.54) is 5.56 Å². The minimum atomic E-state index is -0.199. The average molecular weight is 422 g/mol. The Morgan fingerprint density at radius 1 is 1.00 bits per heavy atom. The van der Waals surface area contributed by atoms with Crippen LogP contribution in [-0.2, 0) is 4.79 Å². The number of rotatable bonds is 4. The number of benzene rings is 2. The number of methoxy groups -OCH3 is 2. The number of amidine groups is 1. The van der Waals surface area contributed by atoms with Crippen molar-refractivity contribution in [2.45, 2.75) is 40.8 Å². The Hall–Kier alpha value is -3.28. The zero-order valence-electron chi connectivity index (χ0n) is 19.6. The van der Waals surface area contributed by atoms with Gasteiger partial charge in [0.15, 0.2) is 11.5 Å². The highest BCUT2D eigenvalue weighted by molar-refractivity contribution is 6.05. The molecule has 31 heavy (non-hydrogen) atoms. The molecule has 1 unspecified atom stereocenters. The second-order valence-electron chi connectivity index (χ2n) is 7.95. The minimum Gasteiger partial charge on any atom is -0.493 e. The maximum absolute atomic E-state index is 12.6. The van der Waals surface area contributed by atoms with Crippen LogP contribution in [0.1, 0.15) is 36.1 Å². The van der Waals surface area contributed by atoms with Crippen LogP contribution in [0.3, 0.4) is 0 Å². The number of hydrogen-bond donors (Lipinski definition) is 0. The molecule has 0 aliphatic carbocycles. The van der Waals surface area contributed by atoms with E-state index in [1.807, 2.05) is 43.1 Å². The zero-order chi connectivity index (χ0) is 22.9. The van der Waals surface area contributed by atoms with Crippen molar-refractivity contribution in [2.24, 2.45) is 4.99 Å². The van der Waals surface area contributed by atoms with Gasteiger partial charge in [-0.1, -0.05) is 17.7 Å². The molecule has 1 aliphatic heterocycles. The molecule has 0 spiro atoms. The molecule has 3 rings (SSSR count). The Bertz CT molecular complexity index is 1050. The van der Waals surface area contributed by atoms with Crippen LogP contribution in [0.15, 0.2) is 41.4 Å². The predicted octanol–water partition coefficient (Wildman–Crippen LogP) is 4.84. The standard InChI is InChI=1S/C25H31N3O3/c1-15-11-16(2)25(17(3)12-15)26-24-14-21(28(19(5)29)18(4)27(24)6)20-9-10-22(30-7)23(13-20)31-8/h9-14,18H,1-8H3/b26-24-. The summed E-state index contributed by atoms with van der Waals surface area (Å²) in [4.78, 5) is 21.4. The van der Waals surface area contributed by atoms with Crippen molar-refractivity contribution in [3.63, 3.8) is 0 Å². The lowest BCUT2D eigenvalue weighted by atomic mass is 10.0. The smallest absolute Gasteiger partial charge is 0.225 e. The van der Waals surface area contributed by atoms with E-state index >= 15 is 0 Å². The van der Waals surface area contributed by atoms with Crippen molar-refractivity contribution < 1.29 is 14.3 Å². The van der Waals surface area contributed by atoms with Gasteiger partial charge in [-0.25, -0.2) is 4.99 Å². The van der Waals surface area contributed by atoms with Crippen molar-refractivity contribution in [3.8, 4) is 11.5 Å². The van der Waals surface area contributed by atoms with E-state index in [9.17, 15) is 4.79 Å². The van der Waals surface area contributed by atoms with Crippen LogP contribution in [0.5, 0.6) is 11.5 Å². The van der Waals surface area contributed by atoms with Crippen LogP contribution < -0.4 is 9.47 Å². The first-order valence-electron chi connectivity index (χ1n) is 10.3. The van der Waals surface area contributed by atoms with Crippen molar-refractivity contribution in [2.75, 3.05) is 21.3 Å². The number of carbonyl (C=O) groups excluding carboxylic acids is 1. The molecule has 1 amide bonds. The van der Waals surface area contributed by atoms with Crippen molar-refractivity contribution in [1.82, 2.24) is 9.80 Å². The fourth-order valence-electron chi connectivity index (χ4n) is 4.08. The normalized spacial score (nSPS) is 17.6. The van der Waals surface area contributed by atoms with Crippen LogP contribution in [0.4, 0.5) is 5.69 Å². The SMILES string of the molecule is COc1ccc(C2=C/C(=N/c3c(C)cc(C)cc3C)N(C)C(C)N2C(C)=O)cc1OC. The summed E-state index contributed by atoms with van der Waals surface area (Å²) >= 11 is 0. The molecular formula is C25H31N3O3. The van der Waals surface area contributed by atoms with Gasteiger partial charge in [0.1, 0.15) is 12.0 Å². The minimum absolute atomic E-state index is 0.0397. The molecule has 6 nitrogen and oxygen atoms in total. The summed E-state index contributed by atoms with van der Waals surface area (Å²) < 4.78 is 10.9. The summed E-state index contributed by atoms with van der Waals surface area (Å²) in [6, 6.07) is 9.94. The fourth-order valence-corrected chi connectivity index (χ4v) is 4.08. The summed E-state index contributed by atoms with van der Waals surface area (Å²) in [5, 5.41) is 0. The molecule has 1 atom stereocenters. The maximum atomic E-state index is 12.6. The van der Waals surface area contributed by atoms with Gasteiger partial charge in [0.25, 0.3) is 0 Å². The third-order valence-corrected chi connectivity index (χ3v) is 5.70. The largest absolute Gasteiger partial charge is 0.493 e. The molecular weight excluding hydrogens is 390 g/mol. The Kier molecular flexibility index (Phi) is 6.39. The van der Waals surface area contributed by atoms with E-state index in [0.717, 1.165) is 33.9 Å². The highest BCUT2D eigenvalue weighted by atomic mass is 16.5. The van der Waals surface area contributed by atoms with Crippen LogP contribution in [0.25, 0.3) is 5.70 Å². The van der Waals surface area contributed by atoms with Crippen LogP contribution in [0, 0.1) is 20.8 Å². The number of aryl methyl sites for hydroxylation is 3. The van der Waals surface area contributed by atoms with Crippen LogP contribution in [-0.4, -0.2) is 49.0 Å². The highest BCUT2D eigenvalue weighted by Crippen LogP contribution is 2.35. The molecule has 0 bridgehead atoms. The van der Waals surface area contributed by atoms with E-state index in [2.05, 4.69) is 32.9 Å². The number of likely N-dealkylation sites (N-methyl/N-ethyl adjacent to an activating group) is 1. The molecule has 6 heteroatoms. The summed E-state index contributed by atoms with van der Waals surface area (Å²) in [7, 11) is 5.17. The molecule has 0 radical (unpaired) electrons. The van der Waals surface area contributed by atoms with E-state index < -0.39 is 0 Å². The molecule has 2 aromatic rings. The molecule has 1 aliphatic rings. The van der Waals surface area contributed by atoms with Gasteiger partial charge in [0.2, 0.25) is 5.91 Å². The number of ether oxygens (including phenoxy) is 2. The lowest BCUT2D eigenvalue weighted by molar-refractivity contribution is -0.128. The highest BCUT2D eigenvalue weighted by Gasteiger charge is 2.32. The molecule has 0 fully saturated rings. The molecule has 164 valence electrons. The van der Waals surface area contributed by atoms with Crippen molar-refractivity contribution >= 4 is 23.1 Å². The Balaban J connectivity index is 2.21. The second kappa shape index (κ2) is 8.84. The quantitative estimate of drug-likeness (QED) is 0.709. The maximum Gasteiger partial charge on any atom is 0.225 e. The fraction of sp³-hybridized carbons (Fsp3) is 0.360. The van der Waals surface area contributed by atoms with Gasteiger partial charge in [-0.2, -0.15) is 0 Å². The summed E-state index contributed by atoms with van der Waals surface area (Å²) in [6.07, 6.45) is 1.76. The third kappa shape index (κ3) is 4.29. The number of hydrogen-bond acceptors (Lipinski definition) is 4. The van der Waals surface area contributed by atoms with E-state index in [0.29, 0.717) is 11.5 Å². The molecule has 0 aromatic heterocycles. The Morgan fingerprint density at radius 3 is 2.16 bits per heavy atom. The van der Waals surface area contributed by atoms with Gasteiger partial charge >= 0.3 is 0 Å². The average Bonchev–Trinajstić information content (AvgIpc) is 2.72. The van der Waals surface area contributed by atoms with E-state index in [4.69, 9.17) is 14.5 Å². The Morgan fingerprint density at radius 2 is 1.61 bits per heavy atom. The zero-order valence-corrected chi connectivity index (χ0v) is 19.6. The number of amides is 1. The third-order valence-electron chi connectivity index (χ3n) is 5.70. The lowest BCUT2D eigenvalue weighted by Gasteiger charge is -2.41. The van der Waals surface area contributed by atoms with Crippen LogP contribution >= 0.6 is 0 Å². The topological polar surface area (TPSA) is 54.4 Å². The monoisotopic (exact) mass is 421 g/mol. The van der Waals surface area contributed by atoms with Gasteiger partial charge in [0.05, 0.1) is 25.6 Å². The van der Waals surface area contributed by atoms with Gasteiger partial charge in [-0.15, -0.1) is 0 Å². The first-order chi connectivity index (χ1) is 14.7. The Labute approximate surface area is 184 Å². The summed E-state index contributed by atoms with van der Waals surface area (Å²) in [5.41, 5.74) is 6.06. The molecule has 0 N–H and O–H groups in total. The van der Waals surface area contributed by atoms with Crippen LogP contribution in [0.2, 0.25) is 0 Å². The summed E-state index contributed by atoms with van der Waals surface area (Å²) in [6.45, 7) is 9.82. The molecule has 2 aromatic carbocycles. The second-order valence-corrected chi connectivity index (χ2v) is 7.95. The number of aliphatic imine (C=N–C) groups is 1. The first-order valence-corrected chi connectivity index (χ1v) is 10.3. The van der Waals surface area contributed by atoms with Gasteiger partial charge < -0.3 is 14.4 Å². The predicted molar refractivity (Wildman–Crippen MR) is 125 cm³/mol. The lowest BCUT2D eigenvalue weighted by Crippen LogP contribution is -2.51. The molecule has 0 saturated heterocycles. The summed E-state index contributed by atoms with van der Waals surface area (Å²) in [5.74, 6) is 2.01. The van der Waals surface area contributed by atoms with Crippen molar-refractivity contribution in [3.05, 3.63) is 58.7 Å². The molecule has 0 saturated carbocycles. The van der Waals surface area contributed by atoms with E-state index in [1.54, 1.807) is 26.0 Å². The van der Waals surface area contributed by atoms with Gasteiger partial charge in [-0.05, 0) is 57.0 Å².